The zero-order valence-corrected chi connectivity index (χ0v) is 19.0. The van der Waals surface area contributed by atoms with E-state index in [0.717, 1.165) is 23.4 Å². The third kappa shape index (κ3) is 5.48. The van der Waals surface area contributed by atoms with Crippen molar-refractivity contribution in [1.29, 1.82) is 5.26 Å². The smallest absolute Gasteiger partial charge is 0.321 e. The highest BCUT2D eigenvalue weighted by Crippen LogP contribution is 2.34. The number of aryl methyl sites for hydroxylation is 2. The predicted octanol–water partition coefficient (Wildman–Crippen LogP) is 2.97. The van der Waals surface area contributed by atoms with Gasteiger partial charge in [-0.2, -0.15) is 5.26 Å². The van der Waals surface area contributed by atoms with Gasteiger partial charge in [0, 0.05) is 32.0 Å². The number of nitrogens with zero attached hydrogens (tertiary/aromatic N) is 4. The monoisotopic (exact) mass is 458 g/mol. The number of sulfone groups is 1. The zero-order chi connectivity index (χ0) is 22.6. The van der Waals surface area contributed by atoms with Crippen LogP contribution in [-0.2, 0) is 22.8 Å². The van der Waals surface area contributed by atoms with Crippen LogP contribution in [-0.4, -0.2) is 41.8 Å². The van der Waals surface area contributed by atoms with Crippen LogP contribution in [0.25, 0.3) is 10.4 Å². The Kier molecular flexibility index (Phi) is 6.72. The van der Waals surface area contributed by atoms with Crippen LogP contribution in [0.2, 0.25) is 0 Å². The molecule has 0 aliphatic heterocycles. The summed E-state index contributed by atoms with van der Waals surface area (Å²) in [6.45, 7) is 5.10. The first kappa shape index (κ1) is 22.5. The SMILES string of the molecule is CCn1cnc(CCNC(=O)Nc2nc(C)c(-c3ccc(S(C)(=O)=O)c(C#N)c3)s2)c1. The van der Waals surface area contributed by atoms with E-state index in [0.29, 0.717) is 29.4 Å². The molecule has 2 amide bonds. The highest BCUT2D eigenvalue weighted by molar-refractivity contribution is 7.90. The summed E-state index contributed by atoms with van der Waals surface area (Å²) >= 11 is 1.25. The number of urea groups is 1. The van der Waals surface area contributed by atoms with Crippen LogP contribution in [0.15, 0.2) is 35.6 Å². The van der Waals surface area contributed by atoms with Crippen LogP contribution in [0.4, 0.5) is 9.93 Å². The molecule has 2 N–H and O–H groups in total. The Morgan fingerprint density at radius 2 is 2.13 bits per heavy atom. The summed E-state index contributed by atoms with van der Waals surface area (Å²) < 4.78 is 25.6. The molecule has 0 saturated heterocycles. The van der Waals surface area contributed by atoms with Gasteiger partial charge in [-0.3, -0.25) is 5.32 Å². The maximum absolute atomic E-state index is 12.2. The average molecular weight is 459 g/mol. The van der Waals surface area contributed by atoms with Gasteiger partial charge in [-0.05, 0) is 31.5 Å². The highest BCUT2D eigenvalue weighted by atomic mass is 32.2. The van der Waals surface area contributed by atoms with Crippen LogP contribution >= 0.6 is 11.3 Å². The molecule has 3 aromatic rings. The molecule has 2 heterocycles. The van der Waals surface area contributed by atoms with E-state index in [1.165, 1.54) is 23.5 Å². The fraction of sp³-hybridized carbons (Fsp3) is 0.300. The zero-order valence-electron chi connectivity index (χ0n) is 17.3. The molecule has 0 atom stereocenters. The van der Waals surface area contributed by atoms with Crippen LogP contribution in [0, 0.1) is 18.3 Å². The number of anilines is 1. The molecular formula is C20H22N6O3S2. The number of rotatable bonds is 7. The number of aromatic nitrogens is 3. The number of nitrogens with one attached hydrogen (secondary N) is 2. The molecule has 31 heavy (non-hydrogen) atoms. The van der Waals surface area contributed by atoms with Gasteiger partial charge in [0.25, 0.3) is 0 Å². The van der Waals surface area contributed by atoms with Crippen LogP contribution in [0.1, 0.15) is 23.9 Å². The molecular weight excluding hydrogens is 436 g/mol. The molecule has 0 saturated carbocycles. The number of carbonyl (C=O) groups is 1. The lowest BCUT2D eigenvalue weighted by Crippen LogP contribution is -2.30. The molecule has 9 nitrogen and oxygen atoms in total. The lowest BCUT2D eigenvalue weighted by Gasteiger charge is -2.05. The van der Waals surface area contributed by atoms with Crippen molar-refractivity contribution in [2.24, 2.45) is 0 Å². The van der Waals surface area contributed by atoms with E-state index in [9.17, 15) is 18.5 Å². The standard InChI is InChI=1S/C20H22N6O3S2/c1-4-26-11-16(23-12-26)7-8-22-19(27)25-20-24-13(2)18(30-20)14-5-6-17(31(3,28)29)15(9-14)10-21/h5-6,9,11-12H,4,7-8H2,1-3H3,(H2,22,24,25,27). The van der Waals surface area contributed by atoms with Gasteiger partial charge in [-0.25, -0.2) is 23.2 Å². The van der Waals surface area contributed by atoms with E-state index in [1.54, 1.807) is 19.3 Å². The minimum atomic E-state index is -3.50. The Balaban J connectivity index is 1.66. The van der Waals surface area contributed by atoms with Crippen molar-refractivity contribution >= 4 is 32.3 Å². The topological polar surface area (TPSA) is 130 Å². The number of amides is 2. The summed E-state index contributed by atoms with van der Waals surface area (Å²) in [5, 5.41) is 15.2. The van der Waals surface area contributed by atoms with Crippen molar-refractivity contribution < 1.29 is 13.2 Å². The molecule has 2 aromatic heterocycles. The van der Waals surface area contributed by atoms with Gasteiger partial charge < -0.3 is 9.88 Å². The summed E-state index contributed by atoms with van der Waals surface area (Å²) in [5.41, 5.74) is 2.31. The third-order valence-electron chi connectivity index (χ3n) is 4.50. The normalized spacial score (nSPS) is 11.2. The third-order valence-corrected chi connectivity index (χ3v) is 6.77. The number of thiazole rings is 1. The largest absolute Gasteiger partial charge is 0.337 e. The molecule has 0 aliphatic carbocycles. The number of carbonyl (C=O) groups excluding carboxylic acids is 1. The highest BCUT2D eigenvalue weighted by Gasteiger charge is 2.17. The molecule has 162 valence electrons. The van der Waals surface area contributed by atoms with Crippen molar-refractivity contribution in [2.75, 3.05) is 18.1 Å². The Hall–Kier alpha value is -3.23. The van der Waals surface area contributed by atoms with E-state index in [-0.39, 0.29) is 16.5 Å². The Bertz CT molecular complexity index is 1250. The fourth-order valence-corrected chi connectivity index (χ4v) is 4.73. The number of hydrogen-bond acceptors (Lipinski definition) is 7. The predicted molar refractivity (Wildman–Crippen MR) is 119 cm³/mol. The molecule has 1 aromatic carbocycles. The maximum atomic E-state index is 12.2. The average Bonchev–Trinajstić information content (AvgIpc) is 3.32. The van der Waals surface area contributed by atoms with Gasteiger partial charge in [0.2, 0.25) is 0 Å². The van der Waals surface area contributed by atoms with Crippen LogP contribution in [0.3, 0.4) is 0 Å². The number of benzene rings is 1. The van der Waals surface area contributed by atoms with Gasteiger partial charge >= 0.3 is 6.03 Å². The van der Waals surface area contributed by atoms with Gasteiger partial charge in [-0.1, -0.05) is 17.4 Å². The van der Waals surface area contributed by atoms with Crippen molar-refractivity contribution in [3.8, 4) is 16.5 Å². The van der Waals surface area contributed by atoms with E-state index in [2.05, 4.69) is 20.6 Å². The second kappa shape index (κ2) is 9.28. The summed E-state index contributed by atoms with van der Waals surface area (Å²) in [7, 11) is -3.50. The van der Waals surface area contributed by atoms with Gasteiger partial charge in [0.1, 0.15) is 6.07 Å². The Morgan fingerprint density at radius 3 is 2.77 bits per heavy atom. The van der Waals surface area contributed by atoms with Crippen molar-refractivity contribution in [1.82, 2.24) is 19.9 Å². The molecule has 3 rings (SSSR count). The molecule has 0 unspecified atom stereocenters. The number of imidazole rings is 1. The van der Waals surface area contributed by atoms with Gasteiger partial charge in [0.05, 0.1) is 33.1 Å². The quantitative estimate of drug-likeness (QED) is 0.560. The summed E-state index contributed by atoms with van der Waals surface area (Å²) in [6.07, 6.45) is 5.39. The lowest BCUT2D eigenvalue weighted by molar-refractivity contribution is 0.252. The number of hydrogen-bond donors (Lipinski definition) is 2. The molecule has 0 radical (unpaired) electrons. The number of nitriles is 1. The summed E-state index contributed by atoms with van der Waals surface area (Å²) in [5.74, 6) is 0. The van der Waals surface area contributed by atoms with Crippen molar-refractivity contribution in [3.63, 3.8) is 0 Å². The van der Waals surface area contributed by atoms with E-state index >= 15 is 0 Å². The Morgan fingerprint density at radius 1 is 1.35 bits per heavy atom. The first-order chi connectivity index (χ1) is 14.7. The Labute approximate surface area is 184 Å². The van der Waals surface area contributed by atoms with E-state index in [1.807, 2.05) is 23.8 Å². The van der Waals surface area contributed by atoms with Gasteiger partial charge in [-0.15, -0.1) is 0 Å². The van der Waals surface area contributed by atoms with Gasteiger partial charge in [0.15, 0.2) is 15.0 Å². The first-order valence-electron chi connectivity index (χ1n) is 9.48. The second-order valence-electron chi connectivity index (χ2n) is 6.85. The fourth-order valence-electron chi connectivity index (χ4n) is 2.95. The van der Waals surface area contributed by atoms with E-state index < -0.39 is 9.84 Å². The molecule has 0 spiro atoms. The van der Waals surface area contributed by atoms with Crippen LogP contribution in [0.5, 0.6) is 0 Å². The van der Waals surface area contributed by atoms with Crippen molar-refractivity contribution in [3.05, 3.63) is 47.7 Å². The molecule has 11 heteroatoms. The minimum absolute atomic E-state index is 0.0117. The summed E-state index contributed by atoms with van der Waals surface area (Å²) in [6, 6.07) is 6.14. The lowest BCUT2D eigenvalue weighted by atomic mass is 10.1. The molecule has 0 fully saturated rings. The second-order valence-corrected chi connectivity index (χ2v) is 9.84. The maximum Gasteiger partial charge on any atom is 0.321 e. The minimum Gasteiger partial charge on any atom is -0.337 e. The van der Waals surface area contributed by atoms with Crippen molar-refractivity contribution in [2.45, 2.75) is 31.7 Å². The molecule has 0 aliphatic rings. The first-order valence-corrected chi connectivity index (χ1v) is 12.2. The van der Waals surface area contributed by atoms with E-state index in [4.69, 9.17) is 0 Å². The summed E-state index contributed by atoms with van der Waals surface area (Å²) in [4.78, 5) is 21.6. The van der Waals surface area contributed by atoms with Crippen LogP contribution < -0.4 is 10.6 Å². The molecule has 0 bridgehead atoms.